The van der Waals surface area contributed by atoms with Crippen LogP contribution in [0.15, 0.2) is 42.7 Å². The molecule has 0 radical (unpaired) electrons. The number of pyridine rings is 1. The van der Waals surface area contributed by atoms with E-state index in [1.807, 2.05) is 18.5 Å². The van der Waals surface area contributed by atoms with Gasteiger partial charge in [-0.05, 0) is 59.2 Å². The van der Waals surface area contributed by atoms with Crippen molar-refractivity contribution >= 4 is 45.3 Å². The molecule has 180 valence electrons. The Hall–Kier alpha value is -2.63. The molecule has 1 aliphatic heterocycles. The molecule has 1 aliphatic carbocycles. The van der Waals surface area contributed by atoms with E-state index >= 15 is 0 Å². The zero-order chi connectivity index (χ0) is 23.6. The second-order valence-corrected chi connectivity index (χ2v) is 10.6. The van der Waals surface area contributed by atoms with Crippen LogP contribution in [0.4, 0.5) is 11.8 Å². The van der Waals surface area contributed by atoms with E-state index in [0.29, 0.717) is 11.9 Å². The highest BCUT2D eigenvalue weighted by atomic mass is 127. The third-order valence-electron chi connectivity index (χ3n) is 7.04. The van der Waals surface area contributed by atoms with E-state index < -0.39 is 0 Å². The van der Waals surface area contributed by atoms with Crippen molar-refractivity contribution in [2.45, 2.75) is 38.1 Å². The van der Waals surface area contributed by atoms with Crippen molar-refractivity contribution in [1.82, 2.24) is 35.4 Å². The minimum Gasteiger partial charge on any atom is -0.314 e. The lowest BCUT2D eigenvalue weighted by molar-refractivity contribution is 0.233. The van der Waals surface area contributed by atoms with Gasteiger partial charge in [0.05, 0.1) is 14.8 Å². The van der Waals surface area contributed by atoms with Crippen LogP contribution >= 0.6 is 22.6 Å². The Morgan fingerprint density at radius 3 is 2.69 bits per heavy atom. The van der Waals surface area contributed by atoms with E-state index in [-0.39, 0.29) is 0 Å². The van der Waals surface area contributed by atoms with Gasteiger partial charge < -0.3 is 10.6 Å². The van der Waals surface area contributed by atoms with Crippen LogP contribution in [0.5, 0.6) is 0 Å². The van der Waals surface area contributed by atoms with Gasteiger partial charge in [-0.2, -0.15) is 5.10 Å². The zero-order valence-corrected chi connectivity index (χ0v) is 21.8. The van der Waals surface area contributed by atoms with E-state index in [0.717, 1.165) is 58.9 Å². The van der Waals surface area contributed by atoms with E-state index in [1.165, 1.54) is 42.3 Å². The molecule has 2 fully saturated rings. The summed E-state index contributed by atoms with van der Waals surface area (Å²) in [4.78, 5) is 16.4. The van der Waals surface area contributed by atoms with Crippen LogP contribution < -0.4 is 10.6 Å². The minimum atomic E-state index is 0.547. The summed E-state index contributed by atoms with van der Waals surface area (Å²) in [6.07, 6.45) is 8.88. The number of fused-ring (bicyclic) bond motifs is 1. The Kier molecular flexibility index (Phi) is 6.62. The maximum absolute atomic E-state index is 4.86. The van der Waals surface area contributed by atoms with E-state index in [9.17, 15) is 0 Å². The van der Waals surface area contributed by atoms with E-state index in [1.54, 1.807) is 0 Å². The third-order valence-corrected chi connectivity index (χ3v) is 7.83. The molecule has 1 saturated carbocycles. The normalized spacial score (nSPS) is 17.3. The Morgan fingerprint density at radius 1 is 1.03 bits per heavy atom. The van der Waals surface area contributed by atoms with Gasteiger partial charge in [0, 0.05) is 67.7 Å². The summed E-state index contributed by atoms with van der Waals surface area (Å²) in [6, 6.07) is 10.5. The van der Waals surface area contributed by atoms with Gasteiger partial charge in [0.2, 0.25) is 5.95 Å². The summed E-state index contributed by atoms with van der Waals surface area (Å²) >= 11 is 2.31. The number of hydrogen-bond donors (Lipinski definition) is 3. The fourth-order valence-electron chi connectivity index (χ4n) is 5.17. The molecule has 6 rings (SSSR count). The number of rotatable bonds is 6. The minimum absolute atomic E-state index is 0.547. The molecule has 35 heavy (non-hydrogen) atoms. The number of halogens is 1. The lowest BCUT2D eigenvalue weighted by atomic mass is 9.99. The molecule has 9 heteroatoms. The summed E-state index contributed by atoms with van der Waals surface area (Å²) in [5.41, 5.74) is 5.49. The second-order valence-electron chi connectivity index (χ2n) is 9.44. The SMILES string of the molecule is Ic1cnc(Nc2ccc(CN3CCNCC3)cn2)nc1-c1ccc2n[nH]c(C3CCCC3)c2c1. The highest BCUT2D eigenvalue weighted by molar-refractivity contribution is 14.1. The van der Waals surface area contributed by atoms with Crippen LogP contribution in [0.3, 0.4) is 0 Å². The summed E-state index contributed by atoms with van der Waals surface area (Å²) in [5.74, 6) is 1.87. The van der Waals surface area contributed by atoms with Crippen molar-refractivity contribution in [3.8, 4) is 11.3 Å². The van der Waals surface area contributed by atoms with Crippen LogP contribution in [0.2, 0.25) is 0 Å². The molecule has 3 aromatic heterocycles. The van der Waals surface area contributed by atoms with Crippen molar-refractivity contribution in [3.05, 3.63) is 57.6 Å². The number of nitrogens with zero attached hydrogens (tertiary/aromatic N) is 5. The van der Waals surface area contributed by atoms with Gasteiger partial charge in [0.1, 0.15) is 5.82 Å². The molecule has 1 saturated heterocycles. The number of benzene rings is 1. The molecule has 0 amide bonds. The summed E-state index contributed by atoms with van der Waals surface area (Å²) in [7, 11) is 0. The number of aromatic nitrogens is 5. The van der Waals surface area contributed by atoms with Crippen LogP contribution in [0, 0.1) is 3.57 Å². The lowest BCUT2D eigenvalue weighted by Gasteiger charge is -2.27. The number of piperazine rings is 1. The average Bonchev–Trinajstić information content (AvgIpc) is 3.57. The molecule has 0 atom stereocenters. The zero-order valence-electron chi connectivity index (χ0n) is 19.6. The first-order valence-electron chi connectivity index (χ1n) is 12.4. The molecule has 8 nitrogen and oxygen atoms in total. The number of anilines is 2. The van der Waals surface area contributed by atoms with Crippen LogP contribution in [0.1, 0.15) is 42.9 Å². The van der Waals surface area contributed by atoms with Crippen molar-refractivity contribution in [2.75, 3.05) is 31.5 Å². The van der Waals surface area contributed by atoms with E-state index in [4.69, 9.17) is 4.98 Å². The molecule has 4 heterocycles. The van der Waals surface area contributed by atoms with Gasteiger partial charge in [0.25, 0.3) is 0 Å². The van der Waals surface area contributed by atoms with E-state index in [2.05, 4.69) is 82.6 Å². The molecule has 4 aromatic rings. The first-order valence-corrected chi connectivity index (χ1v) is 13.5. The van der Waals surface area contributed by atoms with Crippen LogP contribution in [0.25, 0.3) is 22.2 Å². The number of hydrogen-bond acceptors (Lipinski definition) is 7. The van der Waals surface area contributed by atoms with Crippen molar-refractivity contribution in [1.29, 1.82) is 0 Å². The molecule has 0 unspecified atom stereocenters. The van der Waals surface area contributed by atoms with Gasteiger partial charge in [-0.1, -0.05) is 25.0 Å². The average molecular weight is 580 g/mol. The third kappa shape index (κ3) is 5.03. The molecule has 0 bridgehead atoms. The Morgan fingerprint density at radius 2 is 1.89 bits per heavy atom. The van der Waals surface area contributed by atoms with Crippen LogP contribution in [-0.4, -0.2) is 56.2 Å². The monoisotopic (exact) mass is 580 g/mol. The van der Waals surface area contributed by atoms with Gasteiger partial charge in [-0.15, -0.1) is 0 Å². The molecule has 0 spiro atoms. The standard InChI is InChI=1S/C26H29IN8/c27-21-15-30-26(31-23-8-5-17(14-29-23)16-35-11-9-28-10-12-35)32-25(21)19-6-7-22-20(13-19)24(34-33-22)18-3-1-2-4-18/h5-8,13-15,18,28H,1-4,9-12,16H2,(H,33,34)(H,29,30,31,32). The number of H-pyrrole nitrogens is 1. The number of aromatic amines is 1. The second kappa shape index (κ2) is 10.2. The fraction of sp³-hybridized carbons (Fsp3) is 0.385. The van der Waals surface area contributed by atoms with Crippen LogP contribution in [-0.2, 0) is 6.54 Å². The van der Waals surface area contributed by atoms with Crippen molar-refractivity contribution < 1.29 is 0 Å². The fourth-order valence-corrected chi connectivity index (χ4v) is 5.74. The predicted molar refractivity (Wildman–Crippen MR) is 147 cm³/mol. The smallest absolute Gasteiger partial charge is 0.228 e. The Bertz CT molecular complexity index is 1310. The highest BCUT2D eigenvalue weighted by Crippen LogP contribution is 2.37. The molecular formula is C26H29IN8. The number of nitrogens with one attached hydrogen (secondary N) is 3. The summed E-state index contributed by atoms with van der Waals surface area (Å²) < 4.78 is 1.01. The van der Waals surface area contributed by atoms with Gasteiger partial charge in [-0.3, -0.25) is 10.00 Å². The summed E-state index contributed by atoms with van der Waals surface area (Å²) in [5, 5.41) is 15.7. The quantitative estimate of drug-likeness (QED) is 0.282. The first kappa shape index (κ1) is 22.8. The predicted octanol–water partition coefficient (Wildman–Crippen LogP) is 4.83. The van der Waals surface area contributed by atoms with Gasteiger partial charge in [-0.25, -0.2) is 15.0 Å². The Balaban J connectivity index is 1.22. The highest BCUT2D eigenvalue weighted by Gasteiger charge is 2.22. The molecule has 1 aromatic carbocycles. The van der Waals surface area contributed by atoms with Crippen molar-refractivity contribution in [2.24, 2.45) is 0 Å². The lowest BCUT2D eigenvalue weighted by Crippen LogP contribution is -2.42. The molecule has 3 N–H and O–H groups in total. The van der Waals surface area contributed by atoms with Gasteiger partial charge >= 0.3 is 0 Å². The van der Waals surface area contributed by atoms with Crippen molar-refractivity contribution in [3.63, 3.8) is 0 Å². The van der Waals surface area contributed by atoms with Gasteiger partial charge in [0.15, 0.2) is 0 Å². The molecule has 2 aliphatic rings. The first-order chi connectivity index (χ1) is 17.2. The largest absolute Gasteiger partial charge is 0.314 e. The Labute approximate surface area is 218 Å². The maximum Gasteiger partial charge on any atom is 0.228 e. The molecular weight excluding hydrogens is 551 g/mol. The maximum atomic E-state index is 4.86. The summed E-state index contributed by atoms with van der Waals surface area (Å²) in [6.45, 7) is 5.18. The topological polar surface area (TPSA) is 94.7 Å².